The van der Waals surface area contributed by atoms with E-state index in [1.54, 1.807) is 4.90 Å². The Morgan fingerprint density at radius 3 is 2.60 bits per heavy atom. The number of halogens is 1. The molecule has 0 bridgehead atoms. The number of alkyl halides is 1. The lowest BCUT2D eigenvalue weighted by Gasteiger charge is -2.21. The first kappa shape index (κ1) is 11.2. The summed E-state index contributed by atoms with van der Waals surface area (Å²) in [5.74, 6) is 0.166. The number of hydrogen-bond donors (Lipinski definition) is 1. The van der Waals surface area contributed by atoms with Crippen molar-refractivity contribution in [3.05, 3.63) is 0 Å². The van der Waals surface area contributed by atoms with E-state index in [1.165, 1.54) is 25.7 Å². The van der Waals surface area contributed by atoms with Gasteiger partial charge in [-0.1, -0.05) is 24.4 Å². The predicted molar refractivity (Wildman–Crippen MR) is 60.8 cm³/mol. The van der Waals surface area contributed by atoms with Crippen LogP contribution in [0.2, 0.25) is 0 Å². The maximum atomic E-state index is 11.8. The van der Waals surface area contributed by atoms with E-state index in [0.29, 0.717) is 12.6 Å². The Morgan fingerprint density at radius 2 is 2.00 bits per heavy atom. The number of carbonyl (C=O) groups excluding carboxylic acids is 1. The zero-order chi connectivity index (χ0) is 10.7. The fourth-order valence-corrected chi connectivity index (χ4v) is 2.83. The number of rotatable bonds is 3. The van der Waals surface area contributed by atoms with Crippen molar-refractivity contribution in [3.8, 4) is 0 Å². The molecule has 1 aliphatic carbocycles. The lowest BCUT2D eigenvalue weighted by Crippen LogP contribution is -2.41. The summed E-state index contributed by atoms with van der Waals surface area (Å²) in [4.78, 5) is 13.6. The number of carbonyl (C=O) groups is 1. The highest BCUT2D eigenvalue weighted by molar-refractivity contribution is 6.21. The molecule has 1 aliphatic heterocycles. The molecule has 0 aromatic rings. The van der Waals surface area contributed by atoms with Crippen LogP contribution in [-0.4, -0.2) is 35.4 Å². The van der Waals surface area contributed by atoms with Gasteiger partial charge in [0.1, 0.15) is 5.50 Å². The molecule has 0 aromatic carbocycles. The third-order valence-corrected chi connectivity index (χ3v) is 3.85. The first-order valence-electron chi connectivity index (χ1n) is 5.94. The smallest absolute Gasteiger partial charge is 0.237 e. The van der Waals surface area contributed by atoms with Crippen molar-refractivity contribution in [1.82, 2.24) is 10.2 Å². The summed E-state index contributed by atoms with van der Waals surface area (Å²) >= 11 is 6.05. The van der Waals surface area contributed by atoms with Gasteiger partial charge in [0.2, 0.25) is 5.91 Å². The first-order chi connectivity index (χ1) is 7.27. The quantitative estimate of drug-likeness (QED) is 0.592. The second-order valence-electron chi connectivity index (χ2n) is 4.53. The van der Waals surface area contributed by atoms with Crippen molar-refractivity contribution in [2.45, 2.75) is 50.1 Å². The van der Waals surface area contributed by atoms with Gasteiger partial charge < -0.3 is 10.2 Å². The monoisotopic (exact) mass is 230 g/mol. The zero-order valence-corrected chi connectivity index (χ0v) is 9.80. The average Bonchev–Trinajstić information content (AvgIpc) is 2.84. The molecule has 1 amide bonds. The molecule has 15 heavy (non-hydrogen) atoms. The van der Waals surface area contributed by atoms with Gasteiger partial charge in [-0.3, -0.25) is 4.79 Å². The summed E-state index contributed by atoms with van der Waals surface area (Å²) in [6.45, 7) is 1.30. The minimum atomic E-state index is -0.0668. The molecular weight excluding hydrogens is 212 g/mol. The molecule has 1 N–H and O–H groups in total. The fourth-order valence-electron chi connectivity index (χ4n) is 2.47. The highest BCUT2D eigenvalue weighted by atomic mass is 35.5. The van der Waals surface area contributed by atoms with E-state index >= 15 is 0 Å². The van der Waals surface area contributed by atoms with Gasteiger partial charge in [0.25, 0.3) is 0 Å². The summed E-state index contributed by atoms with van der Waals surface area (Å²) in [5.41, 5.74) is -0.0668. The minimum absolute atomic E-state index is 0.0668. The Kier molecular flexibility index (Phi) is 3.87. The lowest BCUT2D eigenvalue weighted by atomic mass is 10.2. The molecule has 0 aromatic heterocycles. The SMILES string of the molecule is O=C(CNC1CCCC1)N1CCC[C@@H]1Cl. The van der Waals surface area contributed by atoms with Gasteiger partial charge in [0.15, 0.2) is 0 Å². The van der Waals surface area contributed by atoms with Crippen LogP contribution in [0.5, 0.6) is 0 Å². The van der Waals surface area contributed by atoms with Crippen LogP contribution >= 0.6 is 11.6 Å². The predicted octanol–water partition coefficient (Wildman–Crippen LogP) is 1.71. The Labute approximate surface area is 96.2 Å². The molecule has 1 heterocycles. The highest BCUT2D eigenvalue weighted by Gasteiger charge is 2.27. The van der Waals surface area contributed by atoms with Gasteiger partial charge in [-0.15, -0.1) is 0 Å². The van der Waals surface area contributed by atoms with E-state index in [0.717, 1.165) is 19.4 Å². The van der Waals surface area contributed by atoms with Gasteiger partial charge in [-0.2, -0.15) is 0 Å². The number of amides is 1. The van der Waals surface area contributed by atoms with Crippen molar-refractivity contribution in [3.63, 3.8) is 0 Å². The van der Waals surface area contributed by atoms with E-state index in [2.05, 4.69) is 5.32 Å². The third-order valence-electron chi connectivity index (χ3n) is 3.40. The van der Waals surface area contributed by atoms with Crippen LogP contribution in [0.3, 0.4) is 0 Å². The van der Waals surface area contributed by atoms with Crippen LogP contribution < -0.4 is 5.32 Å². The summed E-state index contributed by atoms with van der Waals surface area (Å²) < 4.78 is 0. The van der Waals surface area contributed by atoms with Gasteiger partial charge in [0.05, 0.1) is 6.54 Å². The largest absolute Gasteiger partial charge is 0.325 e. The third kappa shape index (κ3) is 2.85. The van der Waals surface area contributed by atoms with E-state index in [-0.39, 0.29) is 11.4 Å². The standard InChI is InChI=1S/C11H19ClN2O/c12-10-6-3-7-14(10)11(15)8-13-9-4-1-2-5-9/h9-10,13H,1-8H2/t10-/m1/s1. The Bertz CT molecular complexity index is 229. The van der Waals surface area contributed by atoms with Crippen molar-refractivity contribution < 1.29 is 4.79 Å². The van der Waals surface area contributed by atoms with Crippen LogP contribution in [0.4, 0.5) is 0 Å². The second kappa shape index (κ2) is 5.17. The molecule has 3 nitrogen and oxygen atoms in total. The first-order valence-corrected chi connectivity index (χ1v) is 6.38. The number of nitrogens with one attached hydrogen (secondary N) is 1. The van der Waals surface area contributed by atoms with Crippen LogP contribution in [0, 0.1) is 0 Å². The van der Waals surface area contributed by atoms with E-state index in [1.807, 2.05) is 0 Å². The van der Waals surface area contributed by atoms with Gasteiger partial charge in [0, 0.05) is 12.6 Å². The summed E-state index contributed by atoms with van der Waals surface area (Å²) in [6.07, 6.45) is 7.02. The Balaban J connectivity index is 1.71. The summed E-state index contributed by atoms with van der Waals surface area (Å²) in [5, 5.41) is 3.33. The fraction of sp³-hybridized carbons (Fsp3) is 0.909. The molecule has 2 aliphatic rings. The maximum Gasteiger partial charge on any atom is 0.237 e. The van der Waals surface area contributed by atoms with Crippen molar-refractivity contribution in [1.29, 1.82) is 0 Å². The minimum Gasteiger partial charge on any atom is -0.325 e. The van der Waals surface area contributed by atoms with Crippen molar-refractivity contribution in [2.75, 3.05) is 13.1 Å². The topological polar surface area (TPSA) is 32.3 Å². The van der Waals surface area contributed by atoms with Crippen LogP contribution in [0.15, 0.2) is 0 Å². The molecule has 0 radical (unpaired) electrons. The molecular formula is C11H19ClN2O. The van der Waals surface area contributed by atoms with Crippen molar-refractivity contribution in [2.24, 2.45) is 0 Å². The molecule has 4 heteroatoms. The van der Waals surface area contributed by atoms with E-state index < -0.39 is 0 Å². The number of likely N-dealkylation sites (tertiary alicyclic amines) is 1. The number of nitrogens with zero attached hydrogens (tertiary/aromatic N) is 1. The molecule has 86 valence electrons. The van der Waals surface area contributed by atoms with Gasteiger partial charge in [-0.05, 0) is 25.7 Å². The lowest BCUT2D eigenvalue weighted by molar-refractivity contribution is -0.129. The van der Waals surface area contributed by atoms with Crippen LogP contribution in [0.1, 0.15) is 38.5 Å². The van der Waals surface area contributed by atoms with E-state index in [9.17, 15) is 4.79 Å². The molecule has 1 saturated carbocycles. The maximum absolute atomic E-state index is 11.8. The van der Waals surface area contributed by atoms with E-state index in [4.69, 9.17) is 11.6 Å². The number of hydrogen-bond acceptors (Lipinski definition) is 2. The highest BCUT2D eigenvalue weighted by Crippen LogP contribution is 2.21. The molecule has 2 rings (SSSR count). The van der Waals surface area contributed by atoms with Crippen LogP contribution in [-0.2, 0) is 4.79 Å². The summed E-state index contributed by atoms with van der Waals surface area (Å²) in [6, 6.07) is 0.560. The average molecular weight is 231 g/mol. The Morgan fingerprint density at radius 1 is 1.27 bits per heavy atom. The zero-order valence-electron chi connectivity index (χ0n) is 9.04. The normalized spacial score (nSPS) is 27.5. The summed E-state index contributed by atoms with van der Waals surface area (Å²) in [7, 11) is 0. The second-order valence-corrected chi connectivity index (χ2v) is 5.03. The Hall–Kier alpha value is -0.280. The molecule has 0 unspecified atom stereocenters. The molecule has 0 spiro atoms. The van der Waals surface area contributed by atoms with Gasteiger partial charge >= 0.3 is 0 Å². The molecule has 2 fully saturated rings. The molecule has 1 atom stereocenters. The molecule has 1 saturated heterocycles. The van der Waals surface area contributed by atoms with Crippen LogP contribution in [0.25, 0.3) is 0 Å². The van der Waals surface area contributed by atoms with Crippen molar-refractivity contribution >= 4 is 17.5 Å². The van der Waals surface area contributed by atoms with Gasteiger partial charge in [-0.25, -0.2) is 0 Å².